The molecule has 3 heterocycles. The predicted octanol–water partition coefficient (Wildman–Crippen LogP) is 4.41. The van der Waals surface area contributed by atoms with Crippen LogP contribution in [0, 0.1) is 0 Å². The van der Waals surface area contributed by atoms with E-state index in [0.717, 1.165) is 34.3 Å². The summed E-state index contributed by atoms with van der Waals surface area (Å²) >= 11 is 0. The summed E-state index contributed by atoms with van der Waals surface area (Å²) < 4.78 is 16.3. The van der Waals surface area contributed by atoms with Gasteiger partial charge in [-0.2, -0.15) is 5.10 Å². The first kappa shape index (κ1) is 17.9. The van der Waals surface area contributed by atoms with Gasteiger partial charge in [-0.05, 0) is 49.6 Å². The Hall–Kier alpha value is -3.12. The second-order valence-corrected chi connectivity index (χ2v) is 7.67. The number of hydrogen-bond donors (Lipinski definition) is 1. The van der Waals surface area contributed by atoms with E-state index in [9.17, 15) is 9.50 Å². The third-order valence-corrected chi connectivity index (χ3v) is 5.59. The largest absolute Gasteiger partial charge is 0.390 e. The zero-order valence-electron chi connectivity index (χ0n) is 15.9. The van der Waals surface area contributed by atoms with Gasteiger partial charge in [-0.15, -0.1) is 0 Å². The minimum Gasteiger partial charge on any atom is -0.390 e. The molecular weight excluding hydrogens is 367 g/mol. The van der Waals surface area contributed by atoms with Gasteiger partial charge in [-0.25, -0.2) is 14.1 Å². The number of fused-ring (bicyclic) bond motifs is 1. The van der Waals surface area contributed by atoms with Gasteiger partial charge >= 0.3 is 0 Å². The van der Waals surface area contributed by atoms with Crippen LogP contribution in [0.1, 0.15) is 30.7 Å². The van der Waals surface area contributed by atoms with E-state index in [1.165, 1.54) is 0 Å². The topological polar surface area (TPSA) is 63.8 Å². The molecule has 6 heteroatoms. The SMILES string of the molecule is OCc1cccc(-n2ncc3ccc(-c4cccc(CC5(F)CCC5)n4)cc32)n1. The van der Waals surface area contributed by atoms with Crippen LogP contribution in [0.15, 0.2) is 60.8 Å². The first-order chi connectivity index (χ1) is 14.1. The highest BCUT2D eigenvalue weighted by molar-refractivity contribution is 5.84. The Balaban J connectivity index is 1.53. The minimum absolute atomic E-state index is 0.120. The van der Waals surface area contributed by atoms with Crippen LogP contribution in [0.5, 0.6) is 0 Å². The zero-order valence-corrected chi connectivity index (χ0v) is 15.9. The molecule has 1 fully saturated rings. The lowest BCUT2D eigenvalue weighted by Crippen LogP contribution is -2.34. The van der Waals surface area contributed by atoms with Crippen LogP contribution in [-0.2, 0) is 13.0 Å². The Morgan fingerprint density at radius 1 is 1.00 bits per heavy atom. The van der Waals surface area contributed by atoms with Crippen molar-refractivity contribution in [2.24, 2.45) is 0 Å². The van der Waals surface area contributed by atoms with Gasteiger partial charge < -0.3 is 5.11 Å². The molecule has 0 aliphatic heterocycles. The molecule has 5 nitrogen and oxygen atoms in total. The average Bonchev–Trinajstić information content (AvgIpc) is 3.16. The summed E-state index contributed by atoms with van der Waals surface area (Å²) in [5.41, 5.74) is 2.96. The van der Waals surface area contributed by atoms with E-state index < -0.39 is 5.67 Å². The number of nitrogens with zero attached hydrogens (tertiary/aromatic N) is 4. The summed E-state index contributed by atoms with van der Waals surface area (Å²) in [4.78, 5) is 9.16. The highest BCUT2D eigenvalue weighted by Gasteiger charge is 2.37. The van der Waals surface area contributed by atoms with Crippen molar-refractivity contribution in [3.05, 3.63) is 72.2 Å². The van der Waals surface area contributed by atoms with Crippen molar-refractivity contribution in [3.63, 3.8) is 0 Å². The van der Waals surface area contributed by atoms with Crippen LogP contribution in [0.25, 0.3) is 28.0 Å². The van der Waals surface area contributed by atoms with Gasteiger partial charge in [0.05, 0.1) is 29.7 Å². The van der Waals surface area contributed by atoms with E-state index in [2.05, 4.69) is 10.1 Å². The summed E-state index contributed by atoms with van der Waals surface area (Å²) in [5, 5.41) is 14.8. The Labute approximate surface area is 167 Å². The van der Waals surface area contributed by atoms with Crippen molar-refractivity contribution in [3.8, 4) is 17.1 Å². The molecule has 29 heavy (non-hydrogen) atoms. The Morgan fingerprint density at radius 2 is 1.83 bits per heavy atom. The smallest absolute Gasteiger partial charge is 0.154 e. The molecule has 5 rings (SSSR count). The van der Waals surface area contributed by atoms with Crippen LogP contribution < -0.4 is 0 Å². The summed E-state index contributed by atoms with van der Waals surface area (Å²) in [6.07, 6.45) is 4.38. The summed E-state index contributed by atoms with van der Waals surface area (Å²) in [6, 6.07) is 17.3. The molecule has 1 saturated carbocycles. The van der Waals surface area contributed by atoms with Crippen molar-refractivity contribution in [2.75, 3.05) is 0 Å². The lowest BCUT2D eigenvalue weighted by Gasteiger charge is -2.33. The molecule has 0 spiro atoms. The summed E-state index contributed by atoms with van der Waals surface area (Å²) in [6.45, 7) is -0.120. The monoisotopic (exact) mass is 388 g/mol. The first-order valence-corrected chi connectivity index (χ1v) is 9.84. The van der Waals surface area contributed by atoms with E-state index in [1.807, 2.05) is 48.5 Å². The number of aliphatic hydroxyl groups excluding tert-OH is 1. The first-order valence-electron chi connectivity index (χ1n) is 9.84. The van der Waals surface area contributed by atoms with Gasteiger partial charge in [-0.3, -0.25) is 4.98 Å². The van der Waals surface area contributed by atoms with Gasteiger partial charge in [0.2, 0.25) is 0 Å². The lowest BCUT2D eigenvalue weighted by atomic mass is 9.79. The third kappa shape index (κ3) is 3.40. The Kier molecular flexibility index (Phi) is 4.36. The van der Waals surface area contributed by atoms with Crippen molar-refractivity contribution in [2.45, 2.75) is 38.0 Å². The Morgan fingerprint density at radius 3 is 2.62 bits per heavy atom. The van der Waals surface area contributed by atoms with Gasteiger partial charge in [0.1, 0.15) is 5.67 Å². The number of aliphatic hydroxyl groups is 1. The molecule has 1 aliphatic rings. The summed E-state index contributed by atoms with van der Waals surface area (Å²) in [7, 11) is 0. The molecule has 3 aromatic heterocycles. The van der Waals surface area contributed by atoms with Crippen LogP contribution in [0.4, 0.5) is 4.39 Å². The average molecular weight is 388 g/mol. The maximum atomic E-state index is 14.5. The highest BCUT2D eigenvalue weighted by atomic mass is 19.1. The van der Waals surface area contributed by atoms with E-state index in [1.54, 1.807) is 16.9 Å². The van der Waals surface area contributed by atoms with Crippen molar-refractivity contribution < 1.29 is 9.50 Å². The molecule has 0 bridgehead atoms. The zero-order chi connectivity index (χ0) is 19.8. The molecule has 146 valence electrons. The van der Waals surface area contributed by atoms with E-state index in [0.29, 0.717) is 30.8 Å². The number of benzene rings is 1. The minimum atomic E-state index is -1.09. The quantitative estimate of drug-likeness (QED) is 0.550. The normalized spacial score (nSPS) is 15.4. The molecule has 0 radical (unpaired) electrons. The van der Waals surface area contributed by atoms with Crippen molar-refractivity contribution in [1.82, 2.24) is 19.7 Å². The van der Waals surface area contributed by atoms with E-state index in [-0.39, 0.29) is 6.61 Å². The molecule has 0 amide bonds. The number of pyridine rings is 2. The van der Waals surface area contributed by atoms with Gasteiger partial charge in [0, 0.05) is 23.1 Å². The van der Waals surface area contributed by atoms with E-state index >= 15 is 0 Å². The highest BCUT2D eigenvalue weighted by Crippen LogP contribution is 2.38. The maximum Gasteiger partial charge on any atom is 0.154 e. The van der Waals surface area contributed by atoms with Gasteiger partial charge in [0.25, 0.3) is 0 Å². The number of hydrogen-bond acceptors (Lipinski definition) is 4. The molecule has 1 aromatic carbocycles. The van der Waals surface area contributed by atoms with Crippen LogP contribution in [0.2, 0.25) is 0 Å². The molecule has 4 aromatic rings. The molecule has 0 atom stereocenters. The number of aromatic nitrogens is 4. The second kappa shape index (κ2) is 7.04. The molecule has 1 aliphatic carbocycles. The fourth-order valence-electron chi connectivity index (χ4n) is 3.83. The fourth-order valence-corrected chi connectivity index (χ4v) is 3.83. The summed E-state index contributed by atoms with van der Waals surface area (Å²) in [5.74, 6) is 0.648. The molecule has 0 saturated heterocycles. The standard InChI is InChI=1S/C23H21FN4O/c24-23(10-3-11-23)13-18-4-1-6-20(26-18)16-8-9-17-14-25-28(21(17)12-16)22-7-2-5-19(15-29)27-22/h1-2,4-9,12,14,29H,3,10-11,13,15H2. The van der Waals surface area contributed by atoms with Crippen LogP contribution >= 0.6 is 0 Å². The molecule has 1 N–H and O–H groups in total. The van der Waals surface area contributed by atoms with E-state index in [4.69, 9.17) is 4.98 Å². The second-order valence-electron chi connectivity index (χ2n) is 7.67. The molecule has 0 unspecified atom stereocenters. The molecular formula is C23H21FN4O. The van der Waals surface area contributed by atoms with Gasteiger partial charge in [0.15, 0.2) is 5.82 Å². The predicted molar refractivity (Wildman–Crippen MR) is 109 cm³/mol. The maximum absolute atomic E-state index is 14.5. The van der Waals surface area contributed by atoms with Crippen LogP contribution in [-0.4, -0.2) is 30.5 Å². The fraction of sp³-hybridized carbons (Fsp3) is 0.261. The van der Waals surface area contributed by atoms with Crippen molar-refractivity contribution >= 4 is 10.9 Å². The van der Waals surface area contributed by atoms with Crippen LogP contribution in [0.3, 0.4) is 0 Å². The third-order valence-electron chi connectivity index (χ3n) is 5.59. The number of alkyl halides is 1. The van der Waals surface area contributed by atoms with Crippen molar-refractivity contribution in [1.29, 1.82) is 0 Å². The van der Waals surface area contributed by atoms with Gasteiger partial charge in [-0.1, -0.05) is 24.3 Å². The Bertz CT molecular complexity index is 1180. The number of rotatable bonds is 5. The number of halogens is 1. The lowest BCUT2D eigenvalue weighted by molar-refractivity contribution is 0.0631.